The van der Waals surface area contributed by atoms with Crippen molar-refractivity contribution in [3.05, 3.63) is 54.1 Å². The van der Waals surface area contributed by atoms with Crippen LogP contribution in [0.15, 0.2) is 43.0 Å². The Bertz CT molecular complexity index is 385. The average Bonchev–Trinajstić information content (AvgIpc) is 2.26. The van der Waals surface area contributed by atoms with E-state index in [-0.39, 0.29) is 12.1 Å². The summed E-state index contributed by atoms with van der Waals surface area (Å²) in [6.45, 7) is 4.39. The lowest BCUT2D eigenvalue weighted by Gasteiger charge is -2.14. The third kappa shape index (κ3) is 3.51. The molecule has 0 saturated carbocycles. The van der Waals surface area contributed by atoms with E-state index in [0.29, 0.717) is 4.91 Å². The number of halogens is 1. The summed E-state index contributed by atoms with van der Waals surface area (Å²) >= 11 is 0.260. The first-order chi connectivity index (χ1) is 7.69. The number of hydrogen-bond donors (Lipinski definition) is 0. The average molecular weight is 237 g/mol. The largest absolute Gasteiger partial charge is 0.305 e. The second-order valence-corrected chi connectivity index (χ2v) is 4.33. The van der Waals surface area contributed by atoms with Crippen molar-refractivity contribution in [1.29, 1.82) is 0 Å². The highest BCUT2D eigenvalue weighted by Crippen LogP contribution is 2.31. The first kappa shape index (κ1) is 13.0. The molecule has 1 aromatic carbocycles. The zero-order valence-corrected chi connectivity index (χ0v) is 10.4. The van der Waals surface area contributed by atoms with Crippen LogP contribution in [0.5, 0.6) is 0 Å². The van der Waals surface area contributed by atoms with Crippen molar-refractivity contribution < 1.29 is 3.89 Å². The fraction of sp³-hybridized carbons (Fsp3) is 0.231. The van der Waals surface area contributed by atoms with Crippen LogP contribution in [-0.2, 0) is 6.54 Å². The number of benzene rings is 1. The van der Waals surface area contributed by atoms with E-state index in [1.807, 2.05) is 38.4 Å². The van der Waals surface area contributed by atoms with Gasteiger partial charge in [0.1, 0.15) is 0 Å². The monoisotopic (exact) mass is 237 g/mol. The second kappa shape index (κ2) is 6.51. The van der Waals surface area contributed by atoms with Gasteiger partial charge in [-0.3, -0.25) is 0 Å². The predicted molar refractivity (Wildman–Crippen MR) is 70.7 cm³/mol. The van der Waals surface area contributed by atoms with Gasteiger partial charge in [0.05, 0.1) is 12.1 Å². The topological polar surface area (TPSA) is 3.24 Å². The Morgan fingerprint density at radius 3 is 2.69 bits per heavy atom. The molecule has 0 aromatic heterocycles. The van der Waals surface area contributed by atoms with Gasteiger partial charge in [0.25, 0.3) is 0 Å². The van der Waals surface area contributed by atoms with Gasteiger partial charge in [0.2, 0.25) is 0 Å². The third-order valence-electron chi connectivity index (χ3n) is 2.12. The Labute approximate surface area is 101 Å². The highest BCUT2D eigenvalue weighted by molar-refractivity contribution is 8.03. The Hall–Kier alpha value is -1.06. The Morgan fingerprint density at radius 2 is 2.12 bits per heavy atom. The van der Waals surface area contributed by atoms with Crippen LogP contribution >= 0.6 is 12.1 Å². The standard InChI is InChI=1S/C13H16FNS/c1-4-7-13(16-14)12-9-6-5-8-11(12)10-15(2)3/h4-9H,1,10H2,2-3H3/b13-7-. The highest BCUT2D eigenvalue weighted by Gasteiger charge is 2.08. The smallest absolute Gasteiger partial charge is 0.0818 e. The maximum atomic E-state index is 12.8. The minimum atomic E-state index is 0.260. The summed E-state index contributed by atoms with van der Waals surface area (Å²) in [6.07, 6.45) is 3.30. The van der Waals surface area contributed by atoms with E-state index in [4.69, 9.17) is 0 Å². The summed E-state index contributed by atoms with van der Waals surface area (Å²) in [5, 5.41) is 0. The van der Waals surface area contributed by atoms with E-state index >= 15 is 0 Å². The molecule has 0 N–H and O–H groups in total. The van der Waals surface area contributed by atoms with Gasteiger partial charge in [-0.2, -0.15) is 3.89 Å². The van der Waals surface area contributed by atoms with Crippen molar-refractivity contribution in [2.24, 2.45) is 0 Å². The minimum absolute atomic E-state index is 0.260. The normalized spacial score (nSPS) is 11.9. The van der Waals surface area contributed by atoms with Crippen molar-refractivity contribution in [1.82, 2.24) is 4.90 Å². The molecular weight excluding hydrogens is 221 g/mol. The summed E-state index contributed by atoms with van der Waals surface area (Å²) in [5.41, 5.74) is 2.05. The predicted octanol–water partition coefficient (Wildman–Crippen LogP) is 3.89. The first-order valence-electron chi connectivity index (χ1n) is 5.03. The number of nitrogens with zero attached hydrogens (tertiary/aromatic N) is 1. The summed E-state index contributed by atoms with van der Waals surface area (Å²) in [7, 11) is 3.99. The van der Waals surface area contributed by atoms with Gasteiger partial charge in [-0.15, -0.1) is 0 Å². The first-order valence-corrected chi connectivity index (χ1v) is 5.75. The molecular formula is C13H16FNS. The lowest BCUT2D eigenvalue weighted by atomic mass is 10.1. The van der Waals surface area contributed by atoms with Crippen LogP contribution in [-0.4, -0.2) is 19.0 Å². The summed E-state index contributed by atoms with van der Waals surface area (Å²) < 4.78 is 12.8. The Kier molecular flexibility index (Phi) is 5.29. The summed E-state index contributed by atoms with van der Waals surface area (Å²) in [6, 6.07) is 7.83. The quantitative estimate of drug-likeness (QED) is 0.715. The molecule has 0 fully saturated rings. The van der Waals surface area contributed by atoms with E-state index in [1.165, 1.54) is 0 Å². The van der Waals surface area contributed by atoms with Crippen LogP contribution in [0.2, 0.25) is 0 Å². The lowest BCUT2D eigenvalue weighted by molar-refractivity contribution is 0.402. The number of allylic oxidation sites excluding steroid dienone is 2. The fourth-order valence-electron chi connectivity index (χ4n) is 1.50. The molecule has 0 radical (unpaired) electrons. The molecule has 16 heavy (non-hydrogen) atoms. The van der Waals surface area contributed by atoms with Crippen LogP contribution in [0, 0.1) is 0 Å². The maximum absolute atomic E-state index is 12.8. The van der Waals surface area contributed by atoms with E-state index in [0.717, 1.165) is 17.7 Å². The van der Waals surface area contributed by atoms with Gasteiger partial charge in [-0.05, 0) is 31.3 Å². The van der Waals surface area contributed by atoms with E-state index in [2.05, 4.69) is 11.5 Å². The van der Waals surface area contributed by atoms with Crippen LogP contribution < -0.4 is 0 Å². The molecule has 0 atom stereocenters. The molecule has 0 aliphatic carbocycles. The lowest BCUT2D eigenvalue weighted by Crippen LogP contribution is -2.11. The molecule has 0 unspecified atom stereocenters. The minimum Gasteiger partial charge on any atom is -0.305 e. The number of rotatable bonds is 5. The van der Waals surface area contributed by atoms with Crippen molar-refractivity contribution in [2.45, 2.75) is 6.54 Å². The van der Waals surface area contributed by atoms with Gasteiger partial charge in [-0.25, -0.2) is 0 Å². The zero-order chi connectivity index (χ0) is 12.0. The van der Waals surface area contributed by atoms with E-state index < -0.39 is 0 Å². The third-order valence-corrected chi connectivity index (χ3v) is 2.64. The van der Waals surface area contributed by atoms with Crippen molar-refractivity contribution in [3.8, 4) is 0 Å². The molecule has 0 heterocycles. The SMILES string of the molecule is C=C/C=C(\SF)c1ccccc1CN(C)C. The van der Waals surface area contributed by atoms with Crippen LogP contribution in [0.3, 0.4) is 0 Å². The fourth-order valence-corrected chi connectivity index (χ4v) is 1.93. The van der Waals surface area contributed by atoms with Crippen molar-refractivity contribution in [2.75, 3.05) is 14.1 Å². The van der Waals surface area contributed by atoms with Crippen LogP contribution in [0.4, 0.5) is 3.89 Å². The van der Waals surface area contributed by atoms with Crippen molar-refractivity contribution >= 4 is 17.1 Å². The molecule has 0 saturated heterocycles. The second-order valence-electron chi connectivity index (χ2n) is 3.74. The van der Waals surface area contributed by atoms with Crippen molar-refractivity contribution in [3.63, 3.8) is 0 Å². The molecule has 0 amide bonds. The zero-order valence-electron chi connectivity index (χ0n) is 9.61. The molecule has 1 aromatic rings. The van der Waals surface area contributed by atoms with Gasteiger partial charge < -0.3 is 4.90 Å². The molecule has 1 nitrogen and oxygen atoms in total. The van der Waals surface area contributed by atoms with Crippen LogP contribution in [0.25, 0.3) is 4.91 Å². The molecule has 1 rings (SSSR count). The van der Waals surface area contributed by atoms with Crippen LogP contribution in [0.1, 0.15) is 11.1 Å². The molecule has 3 heteroatoms. The molecule has 86 valence electrons. The molecule has 0 aliphatic heterocycles. The Morgan fingerprint density at radius 1 is 1.44 bits per heavy atom. The summed E-state index contributed by atoms with van der Waals surface area (Å²) in [4.78, 5) is 2.67. The Balaban J connectivity index is 3.10. The van der Waals surface area contributed by atoms with E-state index in [9.17, 15) is 3.89 Å². The maximum Gasteiger partial charge on any atom is 0.0818 e. The molecule has 0 bridgehead atoms. The van der Waals surface area contributed by atoms with Gasteiger partial charge in [0, 0.05) is 11.4 Å². The van der Waals surface area contributed by atoms with E-state index in [1.54, 1.807) is 12.2 Å². The highest BCUT2D eigenvalue weighted by atomic mass is 32.2. The number of hydrogen-bond acceptors (Lipinski definition) is 2. The van der Waals surface area contributed by atoms with Gasteiger partial charge >= 0.3 is 0 Å². The van der Waals surface area contributed by atoms with Gasteiger partial charge in [0.15, 0.2) is 0 Å². The van der Waals surface area contributed by atoms with Gasteiger partial charge in [-0.1, -0.05) is 36.9 Å². The molecule has 0 spiro atoms. The molecule has 0 aliphatic rings. The summed E-state index contributed by atoms with van der Waals surface area (Å²) in [5.74, 6) is 0.